The van der Waals surface area contributed by atoms with Gasteiger partial charge in [-0.2, -0.15) is 4.57 Å². The molecule has 0 saturated heterocycles. The number of aryl methyl sites for hydroxylation is 1. The van der Waals surface area contributed by atoms with E-state index in [-0.39, 0.29) is 0 Å². The number of benzene rings is 4. The minimum absolute atomic E-state index is 0.516. The summed E-state index contributed by atoms with van der Waals surface area (Å²) in [6, 6.07) is 14.1. The molecule has 8 nitrogen and oxygen atoms in total. The normalized spacial score (nSPS) is 11.1. The maximum atomic E-state index is 5.93. The molecule has 202 valence electrons. The van der Waals surface area contributed by atoms with Crippen LogP contribution < -0.4 is 37.7 Å². The molecular weight excluding hydrogens is 498 g/mol. The van der Waals surface area contributed by atoms with Crippen molar-refractivity contribution in [2.24, 2.45) is 7.05 Å². The first-order chi connectivity index (χ1) is 19.0. The number of methoxy groups -OCH3 is 7. The summed E-state index contributed by atoms with van der Waals surface area (Å²) in [6.07, 6.45) is 2.06. The summed E-state index contributed by atoms with van der Waals surface area (Å²) in [7, 11) is 13.4. The lowest BCUT2D eigenvalue weighted by molar-refractivity contribution is -0.642. The van der Waals surface area contributed by atoms with Crippen LogP contribution in [0.3, 0.4) is 0 Å². The maximum Gasteiger partial charge on any atom is 0.220 e. The van der Waals surface area contributed by atoms with Crippen molar-refractivity contribution in [3.8, 4) is 51.4 Å². The van der Waals surface area contributed by atoms with Crippen molar-refractivity contribution in [2.45, 2.75) is 0 Å². The van der Waals surface area contributed by atoms with Crippen LogP contribution in [-0.2, 0) is 7.05 Å². The highest BCUT2D eigenvalue weighted by Crippen LogP contribution is 2.49. The summed E-state index contributed by atoms with van der Waals surface area (Å²) >= 11 is 0. The number of fused-ring (bicyclic) bond motifs is 5. The first kappa shape index (κ1) is 26.0. The van der Waals surface area contributed by atoms with Gasteiger partial charge in [0.25, 0.3) is 0 Å². The molecule has 0 atom stereocenters. The number of hydrogen-bond acceptors (Lipinski definition) is 7. The summed E-state index contributed by atoms with van der Waals surface area (Å²) in [6.45, 7) is 0. The molecule has 0 unspecified atom stereocenters. The van der Waals surface area contributed by atoms with Crippen LogP contribution in [-0.4, -0.2) is 49.8 Å². The summed E-state index contributed by atoms with van der Waals surface area (Å²) in [5.74, 6) is 4.19. The lowest BCUT2D eigenvalue weighted by atomic mass is 9.93. The number of rotatable bonds is 8. The van der Waals surface area contributed by atoms with Gasteiger partial charge in [-0.15, -0.1) is 0 Å². The minimum atomic E-state index is 0.516. The molecule has 5 aromatic rings. The molecular formula is C31H32NO7+. The van der Waals surface area contributed by atoms with Crippen LogP contribution in [0.15, 0.2) is 48.7 Å². The van der Waals surface area contributed by atoms with E-state index in [9.17, 15) is 0 Å². The zero-order valence-electron chi connectivity index (χ0n) is 23.4. The highest BCUT2D eigenvalue weighted by molar-refractivity contribution is 6.18. The number of ether oxygens (including phenoxy) is 7. The van der Waals surface area contributed by atoms with E-state index in [4.69, 9.17) is 33.2 Å². The van der Waals surface area contributed by atoms with Gasteiger partial charge < -0.3 is 33.2 Å². The fourth-order valence-electron chi connectivity index (χ4n) is 5.45. The first-order valence-corrected chi connectivity index (χ1v) is 12.3. The molecule has 0 aliphatic carbocycles. The average molecular weight is 531 g/mol. The SMILES string of the molecule is COc1cc(-c2c(OC)c(OC)cc3c2ccc2c4ccc(OC)c(OC)c4c[n+](C)c32)cc(OC)c1OC. The molecule has 0 aliphatic rings. The predicted octanol–water partition coefficient (Wildman–Crippen LogP) is 5.70. The molecule has 1 aromatic heterocycles. The topological polar surface area (TPSA) is 68.5 Å². The Kier molecular flexibility index (Phi) is 6.87. The molecule has 1 heterocycles. The molecule has 0 saturated carbocycles. The second kappa shape index (κ2) is 10.3. The Bertz CT molecular complexity index is 1700. The highest BCUT2D eigenvalue weighted by atomic mass is 16.5. The first-order valence-electron chi connectivity index (χ1n) is 12.3. The molecule has 4 aromatic carbocycles. The van der Waals surface area contributed by atoms with Gasteiger partial charge in [0.2, 0.25) is 11.3 Å². The van der Waals surface area contributed by atoms with Crippen molar-refractivity contribution in [2.75, 3.05) is 49.8 Å². The summed E-state index contributed by atoms with van der Waals surface area (Å²) in [4.78, 5) is 0. The van der Waals surface area contributed by atoms with Crippen LogP contribution in [0.2, 0.25) is 0 Å². The van der Waals surface area contributed by atoms with E-state index in [0.29, 0.717) is 40.2 Å². The molecule has 0 amide bonds. The third-order valence-electron chi connectivity index (χ3n) is 7.14. The zero-order chi connectivity index (χ0) is 27.8. The zero-order valence-corrected chi connectivity index (χ0v) is 23.4. The standard InChI is InChI=1S/C31H32NO7/c1-32-16-22-18(11-12-23(33-2)29(22)37-6)20-10-9-19-21(28(20)32)15-26(36-5)31(39-8)27(19)17-13-24(34-3)30(38-7)25(14-17)35-4/h9-16H,1-8H3/q+1. The van der Waals surface area contributed by atoms with Gasteiger partial charge in [-0.1, -0.05) is 6.07 Å². The van der Waals surface area contributed by atoms with E-state index in [1.54, 1.807) is 49.8 Å². The Morgan fingerprint density at radius 3 is 1.56 bits per heavy atom. The van der Waals surface area contributed by atoms with Crippen LogP contribution in [0, 0.1) is 0 Å². The highest BCUT2D eigenvalue weighted by Gasteiger charge is 2.25. The third-order valence-corrected chi connectivity index (χ3v) is 7.14. The lowest BCUT2D eigenvalue weighted by Gasteiger charge is -2.19. The van der Waals surface area contributed by atoms with Crippen molar-refractivity contribution in [3.63, 3.8) is 0 Å². The molecule has 5 rings (SSSR count). The second-order valence-corrected chi connectivity index (χ2v) is 8.96. The summed E-state index contributed by atoms with van der Waals surface area (Å²) in [5.41, 5.74) is 2.71. The van der Waals surface area contributed by atoms with Gasteiger partial charge in [-0.05, 0) is 42.0 Å². The molecule has 0 fully saturated rings. The molecule has 8 heteroatoms. The monoisotopic (exact) mass is 530 g/mol. The number of hydrogen-bond donors (Lipinski definition) is 0. The van der Waals surface area contributed by atoms with Crippen LogP contribution in [0.4, 0.5) is 0 Å². The van der Waals surface area contributed by atoms with Crippen LogP contribution in [0.5, 0.6) is 40.2 Å². The summed E-state index contributed by atoms with van der Waals surface area (Å²) < 4.78 is 42.0. The smallest absolute Gasteiger partial charge is 0.220 e. The quantitative estimate of drug-likeness (QED) is 0.188. The minimum Gasteiger partial charge on any atom is -0.493 e. The fraction of sp³-hybridized carbons (Fsp3) is 0.258. The number of nitrogens with zero attached hydrogens (tertiary/aromatic N) is 1. The van der Waals surface area contributed by atoms with Crippen molar-refractivity contribution in [3.05, 3.63) is 48.7 Å². The third kappa shape index (κ3) is 3.94. The van der Waals surface area contributed by atoms with Gasteiger partial charge >= 0.3 is 0 Å². The average Bonchev–Trinajstić information content (AvgIpc) is 2.97. The van der Waals surface area contributed by atoms with Gasteiger partial charge in [0.15, 0.2) is 40.7 Å². The van der Waals surface area contributed by atoms with E-state index in [0.717, 1.165) is 43.6 Å². The van der Waals surface area contributed by atoms with E-state index in [1.807, 2.05) is 31.3 Å². The Morgan fingerprint density at radius 2 is 1.00 bits per heavy atom. The predicted molar refractivity (Wildman–Crippen MR) is 151 cm³/mol. The Morgan fingerprint density at radius 1 is 0.462 bits per heavy atom. The van der Waals surface area contributed by atoms with E-state index < -0.39 is 0 Å². The van der Waals surface area contributed by atoms with E-state index in [2.05, 4.69) is 29.0 Å². The molecule has 0 N–H and O–H groups in total. The van der Waals surface area contributed by atoms with Crippen molar-refractivity contribution < 1.29 is 37.7 Å². The van der Waals surface area contributed by atoms with E-state index >= 15 is 0 Å². The molecule has 0 aliphatic heterocycles. The lowest BCUT2D eigenvalue weighted by Crippen LogP contribution is -2.28. The van der Waals surface area contributed by atoms with Crippen molar-refractivity contribution >= 4 is 32.4 Å². The largest absolute Gasteiger partial charge is 0.493 e. The Hall–Kier alpha value is -4.59. The van der Waals surface area contributed by atoms with Crippen LogP contribution in [0.1, 0.15) is 0 Å². The summed E-state index contributed by atoms with van der Waals surface area (Å²) in [5, 5.41) is 5.03. The molecule has 0 radical (unpaired) electrons. The molecule has 39 heavy (non-hydrogen) atoms. The van der Waals surface area contributed by atoms with E-state index in [1.165, 1.54) is 0 Å². The van der Waals surface area contributed by atoms with Gasteiger partial charge in [0.1, 0.15) is 7.05 Å². The number of aromatic nitrogens is 1. The fourth-order valence-corrected chi connectivity index (χ4v) is 5.45. The van der Waals surface area contributed by atoms with Gasteiger partial charge in [-0.3, -0.25) is 0 Å². The van der Waals surface area contributed by atoms with Gasteiger partial charge in [0, 0.05) is 16.3 Å². The van der Waals surface area contributed by atoms with Gasteiger partial charge in [0.05, 0.1) is 65.9 Å². The second-order valence-electron chi connectivity index (χ2n) is 8.96. The van der Waals surface area contributed by atoms with Crippen molar-refractivity contribution in [1.82, 2.24) is 0 Å². The molecule has 0 spiro atoms. The maximum absolute atomic E-state index is 5.93. The number of pyridine rings is 1. The van der Waals surface area contributed by atoms with Crippen LogP contribution in [0.25, 0.3) is 43.6 Å². The Balaban J connectivity index is 1.95. The Labute approximate surface area is 227 Å². The van der Waals surface area contributed by atoms with Crippen LogP contribution >= 0.6 is 0 Å². The van der Waals surface area contributed by atoms with Gasteiger partial charge in [-0.25, -0.2) is 0 Å². The van der Waals surface area contributed by atoms with Crippen molar-refractivity contribution in [1.29, 1.82) is 0 Å². The molecule has 0 bridgehead atoms.